The molecule has 180 valence electrons. The van der Waals surface area contributed by atoms with Crippen molar-refractivity contribution in [3.8, 4) is 28.6 Å². The molecular formula is C26H31N3O5. The monoisotopic (exact) mass is 465 g/mol. The third-order valence-electron chi connectivity index (χ3n) is 6.26. The summed E-state index contributed by atoms with van der Waals surface area (Å²) < 4.78 is 21.5. The first-order chi connectivity index (χ1) is 16.6. The first-order valence-electron chi connectivity index (χ1n) is 11.6. The maximum absolute atomic E-state index is 13.5. The summed E-state index contributed by atoms with van der Waals surface area (Å²) in [5, 5.41) is 4.13. The van der Waals surface area contributed by atoms with Gasteiger partial charge in [-0.05, 0) is 54.8 Å². The lowest BCUT2D eigenvalue weighted by Crippen LogP contribution is -2.41. The molecule has 0 bridgehead atoms. The number of carbonyl (C=O) groups is 1. The second-order valence-corrected chi connectivity index (χ2v) is 8.42. The zero-order valence-electron chi connectivity index (χ0n) is 20.0. The van der Waals surface area contributed by atoms with E-state index in [2.05, 4.69) is 10.1 Å². The van der Waals surface area contributed by atoms with Crippen LogP contribution in [0.4, 0.5) is 0 Å². The average Bonchev–Trinajstić information content (AvgIpc) is 3.36. The molecule has 1 aromatic heterocycles. The van der Waals surface area contributed by atoms with Gasteiger partial charge in [0.25, 0.3) is 0 Å². The van der Waals surface area contributed by atoms with E-state index < -0.39 is 0 Å². The van der Waals surface area contributed by atoms with E-state index in [1.807, 2.05) is 47.4 Å². The Morgan fingerprint density at radius 2 is 1.71 bits per heavy atom. The van der Waals surface area contributed by atoms with Crippen LogP contribution in [0.1, 0.15) is 43.6 Å². The minimum atomic E-state index is 0.0308. The number of hydrogen-bond acceptors (Lipinski definition) is 7. The summed E-state index contributed by atoms with van der Waals surface area (Å²) in [5.74, 6) is 2.96. The Kier molecular flexibility index (Phi) is 7.67. The van der Waals surface area contributed by atoms with Gasteiger partial charge in [0.05, 0.1) is 27.8 Å². The lowest BCUT2D eigenvalue weighted by Gasteiger charge is -2.33. The Labute approximate surface area is 199 Å². The van der Waals surface area contributed by atoms with Gasteiger partial charge < -0.3 is 23.6 Å². The van der Waals surface area contributed by atoms with Crippen molar-refractivity contribution in [3.63, 3.8) is 0 Å². The molecule has 1 aliphatic carbocycles. The van der Waals surface area contributed by atoms with E-state index in [9.17, 15) is 4.79 Å². The van der Waals surface area contributed by atoms with Crippen LogP contribution in [0.5, 0.6) is 17.2 Å². The second kappa shape index (κ2) is 11.0. The average molecular weight is 466 g/mol. The maximum Gasteiger partial charge on any atom is 0.246 e. The Morgan fingerprint density at radius 1 is 0.971 bits per heavy atom. The fraction of sp³-hybridized carbons (Fsp3) is 0.423. The van der Waals surface area contributed by atoms with Crippen molar-refractivity contribution in [1.82, 2.24) is 15.0 Å². The zero-order valence-corrected chi connectivity index (χ0v) is 20.0. The zero-order chi connectivity index (χ0) is 23.9. The number of rotatable bonds is 9. The highest BCUT2D eigenvalue weighted by atomic mass is 16.5. The molecule has 34 heavy (non-hydrogen) atoms. The van der Waals surface area contributed by atoms with Crippen molar-refractivity contribution in [3.05, 3.63) is 53.9 Å². The highest BCUT2D eigenvalue weighted by Crippen LogP contribution is 2.29. The fourth-order valence-electron chi connectivity index (χ4n) is 4.40. The van der Waals surface area contributed by atoms with Gasteiger partial charge in [0.2, 0.25) is 17.6 Å². The standard InChI is InChI=1S/C26H31N3O5/c1-31-21-12-10-19(11-13-21)26-27-24(34-28-26)17-29(20-7-5-4-6-8-20)25(30)16-18-9-14-22(32-2)23(15-18)33-3/h9-15,20H,4-8,16-17H2,1-3H3. The Hall–Kier alpha value is -3.55. The summed E-state index contributed by atoms with van der Waals surface area (Å²) in [4.78, 5) is 19.9. The van der Waals surface area contributed by atoms with Gasteiger partial charge in [-0.3, -0.25) is 4.79 Å². The molecule has 1 amide bonds. The number of benzene rings is 2. The van der Waals surface area contributed by atoms with E-state index in [1.54, 1.807) is 21.3 Å². The molecule has 3 aromatic rings. The molecule has 2 aromatic carbocycles. The minimum absolute atomic E-state index is 0.0308. The number of aromatic nitrogens is 2. The maximum atomic E-state index is 13.5. The lowest BCUT2D eigenvalue weighted by molar-refractivity contribution is -0.134. The summed E-state index contributed by atoms with van der Waals surface area (Å²) >= 11 is 0. The van der Waals surface area contributed by atoms with Gasteiger partial charge >= 0.3 is 0 Å². The van der Waals surface area contributed by atoms with E-state index in [0.29, 0.717) is 29.8 Å². The number of nitrogens with zero attached hydrogens (tertiary/aromatic N) is 3. The molecule has 0 atom stereocenters. The molecule has 1 aliphatic rings. The number of ether oxygens (including phenoxy) is 3. The SMILES string of the molecule is COc1ccc(-c2noc(CN(C(=O)Cc3ccc(OC)c(OC)c3)C3CCCCC3)n2)cc1. The van der Waals surface area contributed by atoms with E-state index in [4.69, 9.17) is 18.7 Å². The van der Waals surface area contributed by atoms with Crippen molar-refractivity contribution in [2.75, 3.05) is 21.3 Å². The molecule has 0 spiro atoms. The van der Waals surface area contributed by atoms with E-state index in [0.717, 1.165) is 42.6 Å². The summed E-state index contributed by atoms with van der Waals surface area (Å²) in [6, 6.07) is 13.2. The third-order valence-corrected chi connectivity index (χ3v) is 6.26. The number of hydrogen-bond donors (Lipinski definition) is 0. The van der Waals surface area contributed by atoms with Gasteiger partial charge in [-0.15, -0.1) is 0 Å². The fourth-order valence-corrected chi connectivity index (χ4v) is 4.40. The van der Waals surface area contributed by atoms with Gasteiger partial charge in [-0.1, -0.05) is 30.5 Å². The first-order valence-corrected chi connectivity index (χ1v) is 11.6. The van der Waals surface area contributed by atoms with Crippen LogP contribution in [0.25, 0.3) is 11.4 Å². The van der Waals surface area contributed by atoms with Crippen molar-refractivity contribution in [2.24, 2.45) is 0 Å². The van der Waals surface area contributed by atoms with Crippen LogP contribution in [0, 0.1) is 0 Å². The van der Waals surface area contributed by atoms with Crippen LogP contribution in [-0.4, -0.2) is 48.3 Å². The molecule has 1 saturated carbocycles. The largest absolute Gasteiger partial charge is 0.497 e. The van der Waals surface area contributed by atoms with Crippen LogP contribution < -0.4 is 14.2 Å². The molecule has 8 heteroatoms. The van der Waals surface area contributed by atoms with Crippen LogP contribution in [0.2, 0.25) is 0 Å². The highest BCUT2D eigenvalue weighted by Gasteiger charge is 2.28. The molecule has 1 heterocycles. The van der Waals surface area contributed by atoms with Gasteiger partial charge in [-0.25, -0.2) is 0 Å². The number of methoxy groups -OCH3 is 3. The van der Waals surface area contributed by atoms with Gasteiger partial charge in [0, 0.05) is 11.6 Å². The summed E-state index contributed by atoms with van der Waals surface area (Å²) in [7, 11) is 4.81. The topological polar surface area (TPSA) is 86.9 Å². The number of amides is 1. The van der Waals surface area contributed by atoms with Crippen LogP contribution >= 0.6 is 0 Å². The van der Waals surface area contributed by atoms with Crippen LogP contribution in [0.3, 0.4) is 0 Å². The number of carbonyl (C=O) groups excluding carboxylic acids is 1. The van der Waals surface area contributed by atoms with Crippen molar-refractivity contribution < 1.29 is 23.5 Å². The van der Waals surface area contributed by atoms with Crippen LogP contribution in [0.15, 0.2) is 47.0 Å². The summed E-state index contributed by atoms with van der Waals surface area (Å²) in [6.07, 6.45) is 5.67. The van der Waals surface area contributed by atoms with E-state index in [1.165, 1.54) is 6.42 Å². The first kappa shape index (κ1) is 23.6. The third kappa shape index (κ3) is 5.50. The lowest BCUT2D eigenvalue weighted by atomic mass is 9.93. The smallest absolute Gasteiger partial charge is 0.246 e. The molecule has 0 unspecified atom stereocenters. The highest BCUT2D eigenvalue weighted by molar-refractivity contribution is 5.79. The van der Waals surface area contributed by atoms with Gasteiger partial charge in [0.1, 0.15) is 12.3 Å². The van der Waals surface area contributed by atoms with Crippen molar-refractivity contribution >= 4 is 5.91 Å². The molecule has 1 fully saturated rings. The molecular weight excluding hydrogens is 434 g/mol. The van der Waals surface area contributed by atoms with Crippen molar-refractivity contribution in [2.45, 2.75) is 51.1 Å². The molecule has 4 rings (SSSR count). The van der Waals surface area contributed by atoms with Crippen molar-refractivity contribution in [1.29, 1.82) is 0 Å². The predicted molar refractivity (Wildman–Crippen MR) is 127 cm³/mol. The quantitative estimate of drug-likeness (QED) is 0.454. The Morgan fingerprint density at radius 3 is 2.38 bits per heavy atom. The molecule has 8 nitrogen and oxygen atoms in total. The minimum Gasteiger partial charge on any atom is -0.497 e. The van der Waals surface area contributed by atoms with E-state index >= 15 is 0 Å². The summed E-state index contributed by atoms with van der Waals surface area (Å²) in [5.41, 5.74) is 1.70. The second-order valence-electron chi connectivity index (χ2n) is 8.42. The Balaban J connectivity index is 1.52. The normalized spacial score (nSPS) is 14.0. The molecule has 0 saturated heterocycles. The molecule has 0 radical (unpaired) electrons. The van der Waals surface area contributed by atoms with Crippen LogP contribution in [-0.2, 0) is 17.8 Å². The summed E-state index contributed by atoms with van der Waals surface area (Å²) in [6.45, 7) is 0.292. The predicted octanol–water partition coefficient (Wildman–Crippen LogP) is 4.67. The van der Waals surface area contributed by atoms with E-state index in [-0.39, 0.29) is 18.4 Å². The Bertz CT molecular complexity index is 1090. The van der Waals surface area contributed by atoms with Gasteiger partial charge in [-0.2, -0.15) is 4.98 Å². The molecule has 0 aliphatic heterocycles. The molecule has 0 N–H and O–H groups in total. The van der Waals surface area contributed by atoms with Gasteiger partial charge in [0.15, 0.2) is 11.5 Å².